The van der Waals surface area contributed by atoms with Crippen molar-refractivity contribution in [3.05, 3.63) is 66.2 Å². The molecular formula is C20H19FN2O4S. The van der Waals surface area contributed by atoms with E-state index < -0.39 is 11.8 Å². The van der Waals surface area contributed by atoms with Crippen molar-refractivity contribution in [2.45, 2.75) is 12.1 Å². The molecule has 0 radical (unpaired) electrons. The number of hydrogen-bond acceptors (Lipinski definition) is 5. The van der Waals surface area contributed by atoms with Gasteiger partial charge in [0.1, 0.15) is 17.3 Å². The first-order valence-corrected chi connectivity index (χ1v) is 9.62. The number of carbonyl (C=O) groups is 1. The lowest BCUT2D eigenvalue weighted by Gasteiger charge is -2.10. The highest BCUT2D eigenvalue weighted by molar-refractivity contribution is 7.99. The summed E-state index contributed by atoms with van der Waals surface area (Å²) in [5.41, 5.74) is 0.549. The van der Waals surface area contributed by atoms with Crippen molar-refractivity contribution in [2.24, 2.45) is 0 Å². The fraction of sp³-hybridized carbons (Fsp3) is 0.200. The number of halogens is 1. The number of aromatic nitrogens is 2. The van der Waals surface area contributed by atoms with E-state index in [0.717, 1.165) is 11.5 Å². The Morgan fingerprint density at radius 1 is 1.11 bits per heavy atom. The molecule has 1 N–H and O–H groups in total. The number of carboxylic acid groups (broad SMARTS) is 1. The second kappa shape index (κ2) is 9.27. The van der Waals surface area contributed by atoms with Crippen LogP contribution in [-0.4, -0.2) is 39.6 Å². The zero-order valence-electron chi connectivity index (χ0n) is 15.2. The topological polar surface area (TPSA) is 73.6 Å². The van der Waals surface area contributed by atoms with Crippen LogP contribution in [0.3, 0.4) is 0 Å². The van der Waals surface area contributed by atoms with Crippen LogP contribution in [0.2, 0.25) is 0 Å². The average molecular weight is 402 g/mol. The first-order chi connectivity index (χ1) is 13.6. The SMILES string of the molecule is CCOc1ccc(OCCSc2ncc(C(=O)O)n2-c2ccc(F)cc2)cc1. The summed E-state index contributed by atoms with van der Waals surface area (Å²) in [4.78, 5) is 15.7. The van der Waals surface area contributed by atoms with Gasteiger partial charge >= 0.3 is 5.97 Å². The molecule has 0 fully saturated rings. The number of nitrogens with zero attached hydrogens (tertiary/aromatic N) is 2. The molecule has 3 aromatic rings. The Morgan fingerprint density at radius 3 is 2.36 bits per heavy atom. The highest BCUT2D eigenvalue weighted by Gasteiger charge is 2.17. The summed E-state index contributed by atoms with van der Waals surface area (Å²) in [7, 11) is 0. The lowest BCUT2D eigenvalue weighted by molar-refractivity contribution is 0.0687. The molecule has 0 spiro atoms. The monoisotopic (exact) mass is 402 g/mol. The minimum Gasteiger partial charge on any atom is -0.494 e. The molecule has 0 atom stereocenters. The van der Waals surface area contributed by atoms with Crippen LogP contribution in [-0.2, 0) is 0 Å². The maximum atomic E-state index is 13.2. The van der Waals surface area contributed by atoms with E-state index in [2.05, 4.69) is 4.98 Å². The zero-order valence-corrected chi connectivity index (χ0v) is 16.0. The van der Waals surface area contributed by atoms with Crippen molar-refractivity contribution in [1.82, 2.24) is 9.55 Å². The van der Waals surface area contributed by atoms with Gasteiger partial charge in [-0.15, -0.1) is 0 Å². The van der Waals surface area contributed by atoms with E-state index in [-0.39, 0.29) is 5.69 Å². The second-order valence-electron chi connectivity index (χ2n) is 5.64. The Balaban J connectivity index is 1.64. The molecule has 1 aromatic heterocycles. The Labute approximate surface area is 165 Å². The highest BCUT2D eigenvalue weighted by atomic mass is 32.2. The summed E-state index contributed by atoms with van der Waals surface area (Å²) in [6.07, 6.45) is 1.29. The Bertz CT molecular complexity index is 926. The van der Waals surface area contributed by atoms with Gasteiger partial charge in [0, 0.05) is 11.4 Å². The van der Waals surface area contributed by atoms with Crippen molar-refractivity contribution in [3.8, 4) is 17.2 Å². The largest absolute Gasteiger partial charge is 0.494 e. The third-order valence-corrected chi connectivity index (χ3v) is 4.67. The van der Waals surface area contributed by atoms with Crippen molar-refractivity contribution >= 4 is 17.7 Å². The molecule has 0 unspecified atom stereocenters. The van der Waals surface area contributed by atoms with Gasteiger partial charge in [0.2, 0.25) is 0 Å². The summed E-state index contributed by atoms with van der Waals surface area (Å²) in [5.74, 6) is 0.571. The quantitative estimate of drug-likeness (QED) is 0.425. The number of rotatable bonds is 9. The summed E-state index contributed by atoms with van der Waals surface area (Å²) >= 11 is 1.36. The predicted octanol–water partition coefficient (Wildman–Crippen LogP) is 4.28. The first kappa shape index (κ1) is 19.8. The lowest BCUT2D eigenvalue weighted by Crippen LogP contribution is -2.08. The molecule has 0 bridgehead atoms. The Hall–Kier alpha value is -3.00. The van der Waals surface area contributed by atoms with Gasteiger partial charge in [-0.2, -0.15) is 0 Å². The Morgan fingerprint density at radius 2 is 1.75 bits per heavy atom. The van der Waals surface area contributed by atoms with Gasteiger partial charge in [-0.3, -0.25) is 4.57 Å². The van der Waals surface area contributed by atoms with Crippen LogP contribution < -0.4 is 9.47 Å². The third-order valence-electron chi connectivity index (χ3n) is 3.75. The molecule has 28 heavy (non-hydrogen) atoms. The minimum absolute atomic E-state index is 0.0153. The molecule has 0 saturated carbocycles. The molecule has 1 heterocycles. The van der Waals surface area contributed by atoms with E-state index in [9.17, 15) is 14.3 Å². The molecule has 146 valence electrons. The van der Waals surface area contributed by atoms with E-state index in [1.807, 2.05) is 31.2 Å². The number of thioether (sulfide) groups is 1. The predicted molar refractivity (Wildman–Crippen MR) is 104 cm³/mol. The van der Waals surface area contributed by atoms with E-state index in [1.54, 1.807) is 0 Å². The molecule has 2 aromatic carbocycles. The van der Waals surface area contributed by atoms with Gasteiger partial charge < -0.3 is 14.6 Å². The van der Waals surface area contributed by atoms with Crippen LogP contribution >= 0.6 is 11.8 Å². The number of hydrogen-bond donors (Lipinski definition) is 1. The van der Waals surface area contributed by atoms with Crippen molar-refractivity contribution in [2.75, 3.05) is 19.0 Å². The zero-order chi connectivity index (χ0) is 19.9. The molecule has 0 amide bonds. The smallest absolute Gasteiger partial charge is 0.354 e. The van der Waals surface area contributed by atoms with Gasteiger partial charge in [0.25, 0.3) is 0 Å². The van der Waals surface area contributed by atoms with Gasteiger partial charge in [-0.25, -0.2) is 14.2 Å². The Kier molecular flexibility index (Phi) is 6.54. The van der Waals surface area contributed by atoms with Crippen LogP contribution in [0.4, 0.5) is 4.39 Å². The van der Waals surface area contributed by atoms with Gasteiger partial charge in [-0.1, -0.05) is 11.8 Å². The maximum Gasteiger partial charge on any atom is 0.354 e. The standard InChI is InChI=1S/C20H19FN2O4S/c1-2-26-16-7-9-17(10-8-16)27-11-12-28-20-22-13-18(19(24)25)23(20)15-5-3-14(21)4-6-15/h3-10,13H,2,11-12H2,1H3,(H,24,25). The number of aromatic carboxylic acids is 1. The molecule has 0 aliphatic carbocycles. The van der Waals surface area contributed by atoms with Crippen LogP contribution in [0.15, 0.2) is 59.9 Å². The second-order valence-corrected chi connectivity index (χ2v) is 6.71. The van der Waals surface area contributed by atoms with Gasteiger partial charge in [0.15, 0.2) is 10.9 Å². The lowest BCUT2D eigenvalue weighted by atomic mass is 10.3. The van der Waals surface area contributed by atoms with E-state index in [0.29, 0.717) is 29.8 Å². The fourth-order valence-electron chi connectivity index (χ4n) is 2.52. The summed E-state index contributed by atoms with van der Waals surface area (Å²) in [6, 6.07) is 12.9. The van der Waals surface area contributed by atoms with E-state index >= 15 is 0 Å². The van der Waals surface area contributed by atoms with Crippen LogP contribution in [0.25, 0.3) is 5.69 Å². The number of carboxylic acids is 1. The van der Waals surface area contributed by atoms with Crippen molar-refractivity contribution in [3.63, 3.8) is 0 Å². The van der Waals surface area contributed by atoms with Crippen molar-refractivity contribution in [1.29, 1.82) is 0 Å². The summed E-state index contributed by atoms with van der Waals surface area (Å²) < 4.78 is 25.8. The number of imidazole rings is 1. The van der Waals surface area contributed by atoms with Crippen LogP contribution in [0.5, 0.6) is 11.5 Å². The minimum atomic E-state index is -1.10. The van der Waals surface area contributed by atoms with Gasteiger partial charge in [-0.05, 0) is 55.5 Å². The number of benzene rings is 2. The summed E-state index contributed by atoms with van der Waals surface area (Å²) in [6.45, 7) is 2.94. The maximum absolute atomic E-state index is 13.2. The van der Waals surface area contributed by atoms with E-state index in [1.165, 1.54) is 46.8 Å². The molecule has 8 heteroatoms. The van der Waals surface area contributed by atoms with Crippen LogP contribution in [0.1, 0.15) is 17.4 Å². The average Bonchev–Trinajstić information content (AvgIpc) is 3.11. The molecule has 3 rings (SSSR count). The number of ether oxygens (including phenoxy) is 2. The van der Waals surface area contributed by atoms with Crippen molar-refractivity contribution < 1.29 is 23.8 Å². The third kappa shape index (κ3) is 4.83. The first-order valence-electron chi connectivity index (χ1n) is 8.64. The molecule has 6 nitrogen and oxygen atoms in total. The normalized spacial score (nSPS) is 10.6. The fourth-order valence-corrected chi connectivity index (χ4v) is 3.33. The molecular weight excluding hydrogens is 383 g/mol. The summed E-state index contributed by atoms with van der Waals surface area (Å²) in [5, 5.41) is 9.90. The molecule has 0 aliphatic rings. The highest BCUT2D eigenvalue weighted by Crippen LogP contribution is 2.24. The molecule has 0 aliphatic heterocycles. The molecule has 0 saturated heterocycles. The van der Waals surface area contributed by atoms with E-state index in [4.69, 9.17) is 9.47 Å². The van der Waals surface area contributed by atoms with Gasteiger partial charge in [0.05, 0.1) is 19.4 Å². The van der Waals surface area contributed by atoms with Crippen LogP contribution in [0, 0.1) is 5.82 Å².